The summed E-state index contributed by atoms with van der Waals surface area (Å²) >= 11 is 1.24. The number of aromatic nitrogens is 1. The molecule has 0 radical (unpaired) electrons. The Kier molecular flexibility index (Phi) is 5.53. The van der Waals surface area contributed by atoms with Crippen molar-refractivity contribution in [2.45, 2.75) is 24.7 Å². The highest BCUT2D eigenvalue weighted by Gasteiger charge is 2.27. The number of ether oxygens (including phenoxy) is 1. The second-order valence-electron chi connectivity index (χ2n) is 6.86. The molecule has 2 heterocycles. The van der Waals surface area contributed by atoms with Crippen LogP contribution in [0, 0.1) is 6.92 Å². The largest absolute Gasteiger partial charge is 0.483 e. The fourth-order valence-corrected chi connectivity index (χ4v) is 5.75. The standard InChI is InChI=1S/C20H21N3O4S2/c1-14-6-2-3-7-17(14)27-13-19(24)22-20-21-16-9-8-15(12-18(16)28-20)29(25,26)23-10-4-5-11-23/h2-3,6-9,12H,4-5,10-11,13H2,1H3,(H,21,22,24). The Labute approximate surface area is 173 Å². The Balaban J connectivity index is 1.46. The molecule has 4 rings (SSSR count). The fourth-order valence-electron chi connectivity index (χ4n) is 3.21. The van der Waals surface area contributed by atoms with Crippen molar-refractivity contribution < 1.29 is 17.9 Å². The van der Waals surface area contributed by atoms with Crippen LogP contribution in [-0.2, 0) is 14.8 Å². The van der Waals surface area contributed by atoms with Crippen molar-refractivity contribution in [2.24, 2.45) is 0 Å². The first-order chi connectivity index (χ1) is 13.9. The van der Waals surface area contributed by atoms with Crippen LogP contribution in [0.4, 0.5) is 5.13 Å². The first kappa shape index (κ1) is 19.8. The number of anilines is 1. The zero-order valence-corrected chi connectivity index (χ0v) is 17.6. The molecule has 0 unspecified atom stereocenters. The third-order valence-electron chi connectivity index (χ3n) is 4.76. The van der Waals surface area contributed by atoms with Gasteiger partial charge in [-0.2, -0.15) is 4.31 Å². The second-order valence-corrected chi connectivity index (χ2v) is 9.83. The number of para-hydroxylation sites is 1. The zero-order valence-electron chi connectivity index (χ0n) is 15.9. The van der Waals surface area contributed by atoms with Crippen LogP contribution in [0.2, 0.25) is 0 Å². The number of sulfonamides is 1. The average molecular weight is 432 g/mol. The molecule has 0 saturated carbocycles. The lowest BCUT2D eigenvalue weighted by atomic mass is 10.2. The van der Waals surface area contributed by atoms with Crippen LogP contribution < -0.4 is 10.1 Å². The van der Waals surface area contributed by atoms with Crippen molar-refractivity contribution in [2.75, 3.05) is 25.0 Å². The summed E-state index contributed by atoms with van der Waals surface area (Å²) in [5, 5.41) is 3.13. The van der Waals surface area contributed by atoms with E-state index in [-0.39, 0.29) is 17.4 Å². The minimum absolute atomic E-state index is 0.130. The summed E-state index contributed by atoms with van der Waals surface area (Å²) in [5.41, 5.74) is 1.59. The van der Waals surface area contributed by atoms with Gasteiger partial charge >= 0.3 is 0 Å². The van der Waals surface area contributed by atoms with Gasteiger partial charge in [-0.1, -0.05) is 29.5 Å². The summed E-state index contributed by atoms with van der Waals surface area (Å²) in [6.07, 6.45) is 1.78. The van der Waals surface area contributed by atoms with Crippen LogP contribution in [0.25, 0.3) is 10.2 Å². The number of amides is 1. The van der Waals surface area contributed by atoms with Crippen molar-refractivity contribution in [1.82, 2.24) is 9.29 Å². The molecule has 29 heavy (non-hydrogen) atoms. The number of aryl methyl sites for hydroxylation is 1. The highest BCUT2D eigenvalue weighted by Crippen LogP contribution is 2.30. The molecule has 0 bridgehead atoms. The van der Waals surface area contributed by atoms with E-state index < -0.39 is 10.0 Å². The molecule has 1 fully saturated rings. The van der Waals surface area contributed by atoms with Crippen LogP contribution in [0.3, 0.4) is 0 Å². The molecule has 2 aromatic carbocycles. The normalized spacial score (nSPS) is 14.9. The van der Waals surface area contributed by atoms with Crippen LogP contribution in [0.1, 0.15) is 18.4 Å². The van der Waals surface area contributed by atoms with Gasteiger partial charge in [0.1, 0.15) is 5.75 Å². The van der Waals surface area contributed by atoms with Gasteiger partial charge in [0.15, 0.2) is 11.7 Å². The van der Waals surface area contributed by atoms with E-state index in [1.807, 2.05) is 31.2 Å². The number of nitrogens with zero attached hydrogens (tertiary/aromatic N) is 2. The molecule has 9 heteroatoms. The predicted octanol–water partition coefficient (Wildman–Crippen LogP) is 3.41. The fraction of sp³-hybridized carbons (Fsp3) is 0.300. The maximum atomic E-state index is 12.7. The first-order valence-electron chi connectivity index (χ1n) is 9.32. The number of hydrogen-bond acceptors (Lipinski definition) is 6. The molecule has 1 aliphatic heterocycles. The van der Waals surface area contributed by atoms with Gasteiger partial charge < -0.3 is 4.74 Å². The van der Waals surface area contributed by atoms with Crippen LogP contribution in [0.5, 0.6) is 5.75 Å². The van der Waals surface area contributed by atoms with Crippen molar-refractivity contribution in [3.63, 3.8) is 0 Å². The van der Waals surface area contributed by atoms with E-state index >= 15 is 0 Å². The van der Waals surface area contributed by atoms with E-state index in [9.17, 15) is 13.2 Å². The van der Waals surface area contributed by atoms with Gasteiger partial charge in [0.25, 0.3) is 5.91 Å². The molecule has 0 spiro atoms. The average Bonchev–Trinajstić information content (AvgIpc) is 3.36. The van der Waals surface area contributed by atoms with E-state index in [0.29, 0.717) is 34.2 Å². The minimum Gasteiger partial charge on any atom is -0.483 e. The number of carbonyl (C=O) groups is 1. The monoisotopic (exact) mass is 431 g/mol. The van der Waals surface area contributed by atoms with E-state index in [4.69, 9.17) is 4.74 Å². The zero-order chi connectivity index (χ0) is 20.4. The van der Waals surface area contributed by atoms with Crippen LogP contribution in [0.15, 0.2) is 47.4 Å². The molecule has 1 amide bonds. The summed E-state index contributed by atoms with van der Waals surface area (Å²) in [7, 11) is -3.48. The maximum Gasteiger partial charge on any atom is 0.264 e. The van der Waals surface area contributed by atoms with Gasteiger partial charge in [-0.3, -0.25) is 10.1 Å². The van der Waals surface area contributed by atoms with Crippen molar-refractivity contribution >= 4 is 42.6 Å². The SMILES string of the molecule is Cc1ccccc1OCC(=O)Nc1nc2ccc(S(=O)(=O)N3CCCC3)cc2s1. The Hall–Kier alpha value is -2.49. The number of benzene rings is 2. The topological polar surface area (TPSA) is 88.6 Å². The maximum absolute atomic E-state index is 12.7. The molecule has 0 atom stereocenters. The summed E-state index contributed by atoms with van der Waals surface area (Å²) in [6.45, 7) is 2.90. The van der Waals surface area contributed by atoms with Gasteiger partial charge in [-0.05, 0) is 49.6 Å². The predicted molar refractivity (Wildman–Crippen MR) is 113 cm³/mol. The minimum atomic E-state index is -3.48. The molecule has 1 N–H and O–H groups in total. The van der Waals surface area contributed by atoms with E-state index in [2.05, 4.69) is 10.3 Å². The second kappa shape index (κ2) is 8.10. The lowest BCUT2D eigenvalue weighted by Gasteiger charge is -2.15. The van der Waals surface area contributed by atoms with Crippen LogP contribution in [-0.4, -0.2) is 43.3 Å². The van der Waals surface area contributed by atoms with E-state index in [1.165, 1.54) is 15.6 Å². The summed E-state index contributed by atoms with van der Waals surface area (Å²) in [6, 6.07) is 12.3. The van der Waals surface area contributed by atoms with Gasteiger partial charge in [0.2, 0.25) is 10.0 Å². The number of carbonyl (C=O) groups excluding carboxylic acids is 1. The number of nitrogens with one attached hydrogen (secondary N) is 1. The molecule has 3 aromatic rings. The smallest absolute Gasteiger partial charge is 0.264 e. The van der Waals surface area contributed by atoms with Gasteiger partial charge in [0, 0.05) is 13.1 Å². The Bertz CT molecular complexity index is 1150. The molecular weight excluding hydrogens is 410 g/mol. The van der Waals surface area contributed by atoms with Gasteiger partial charge in [-0.15, -0.1) is 0 Å². The number of thiazole rings is 1. The van der Waals surface area contributed by atoms with Crippen molar-refractivity contribution in [1.29, 1.82) is 0 Å². The molecule has 7 nitrogen and oxygen atoms in total. The molecule has 0 aliphatic carbocycles. The number of fused-ring (bicyclic) bond motifs is 1. The van der Waals surface area contributed by atoms with E-state index in [1.54, 1.807) is 18.2 Å². The molecular formula is C20H21N3O4S2. The first-order valence-corrected chi connectivity index (χ1v) is 11.6. The van der Waals surface area contributed by atoms with Crippen molar-refractivity contribution in [3.05, 3.63) is 48.0 Å². The summed E-state index contributed by atoms with van der Waals surface area (Å²) in [4.78, 5) is 16.8. The highest BCUT2D eigenvalue weighted by atomic mass is 32.2. The lowest BCUT2D eigenvalue weighted by molar-refractivity contribution is -0.118. The molecule has 1 aliphatic rings. The molecule has 1 saturated heterocycles. The highest BCUT2D eigenvalue weighted by molar-refractivity contribution is 7.89. The molecule has 1 aromatic heterocycles. The Morgan fingerprint density at radius 1 is 1.21 bits per heavy atom. The van der Waals surface area contributed by atoms with Gasteiger partial charge in [-0.25, -0.2) is 13.4 Å². The number of rotatable bonds is 6. The quantitative estimate of drug-likeness (QED) is 0.646. The third kappa shape index (κ3) is 4.26. The van der Waals surface area contributed by atoms with Gasteiger partial charge in [0.05, 0.1) is 15.1 Å². The van der Waals surface area contributed by atoms with E-state index in [0.717, 1.165) is 18.4 Å². The Morgan fingerprint density at radius 2 is 1.97 bits per heavy atom. The third-order valence-corrected chi connectivity index (χ3v) is 7.59. The lowest BCUT2D eigenvalue weighted by Crippen LogP contribution is -2.27. The summed E-state index contributed by atoms with van der Waals surface area (Å²) < 4.78 is 33.2. The Morgan fingerprint density at radius 3 is 2.72 bits per heavy atom. The summed E-state index contributed by atoms with van der Waals surface area (Å²) in [5.74, 6) is 0.334. The van der Waals surface area contributed by atoms with Crippen molar-refractivity contribution in [3.8, 4) is 5.75 Å². The number of hydrogen-bond donors (Lipinski definition) is 1. The molecule has 152 valence electrons. The van der Waals surface area contributed by atoms with Crippen LogP contribution >= 0.6 is 11.3 Å².